The molecule has 0 aliphatic rings. The molecule has 0 fully saturated rings. The molecule has 0 bridgehead atoms. The second-order valence-electron chi connectivity index (χ2n) is 6.14. The predicted molar refractivity (Wildman–Crippen MR) is 109 cm³/mol. The summed E-state index contributed by atoms with van der Waals surface area (Å²) < 4.78 is 10.5. The third-order valence-electron chi connectivity index (χ3n) is 3.99. The lowest BCUT2D eigenvalue weighted by Gasteiger charge is -2.10. The number of nitrogens with zero attached hydrogens (tertiary/aromatic N) is 2. The van der Waals surface area contributed by atoms with E-state index in [1.54, 1.807) is 14.2 Å². The Morgan fingerprint density at radius 2 is 1.89 bits per heavy atom. The first-order valence-corrected chi connectivity index (χ1v) is 9.52. The Morgan fingerprint density at radius 1 is 1.07 bits per heavy atom. The lowest BCUT2D eigenvalue weighted by Crippen LogP contribution is -2.24. The van der Waals surface area contributed by atoms with Crippen molar-refractivity contribution in [2.75, 3.05) is 19.5 Å². The highest BCUT2D eigenvalue weighted by Gasteiger charge is 2.11. The van der Waals surface area contributed by atoms with Gasteiger partial charge in [0.25, 0.3) is 0 Å². The molecule has 0 spiro atoms. The van der Waals surface area contributed by atoms with Crippen molar-refractivity contribution < 1.29 is 14.3 Å². The van der Waals surface area contributed by atoms with Crippen molar-refractivity contribution in [3.63, 3.8) is 0 Å². The van der Waals surface area contributed by atoms with Gasteiger partial charge in [0.15, 0.2) is 11.5 Å². The molecule has 1 amide bonds. The molecule has 0 saturated carbocycles. The molecule has 0 aliphatic carbocycles. The molecule has 0 aliphatic heterocycles. The molecule has 0 atom stereocenters. The maximum Gasteiger partial charge on any atom is 0.227 e. The quantitative estimate of drug-likeness (QED) is 0.604. The molecule has 1 aromatic heterocycles. The van der Waals surface area contributed by atoms with E-state index < -0.39 is 0 Å². The van der Waals surface area contributed by atoms with Crippen LogP contribution in [-0.4, -0.2) is 30.3 Å². The average molecular weight is 398 g/mol. The van der Waals surface area contributed by atoms with Gasteiger partial charge in [0.1, 0.15) is 5.01 Å². The van der Waals surface area contributed by atoms with E-state index in [1.807, 2.05) is 49.4 Å². The summed E-state index contributed by atoms with van der Waals surface area (Å²) in [7, 11) is 3.17. The monoisotopic (exact) mass is 398 g/mol. The van der Waals surface area contributed by atoms with Gasteiger partial charge in [0, 0.05) is 12.2 Å². The molecule has 0 radical (unpaired) electrons. The predicted octanol–water partition coefficient (Wildman–Crippen LogP) is 3.47. The van der Waals surface area contributed by atoms with Crippen LogP contribution in [0.1, 0.15) is 16.1 Å². The number of carbonyl (C=O) groups excluding carboxylic acids is 1. The van der Waals surface area contributed by atoms with Crippen LogP contribution in [0.2, 0.25) is 0 Å². The minimum absolute atomic E-state index is 0.118. The van der Waals surface area contributed by atoms with Gasteiger partial charge < -0.3 is 20.1 Å². The first-order valence-electron chi connectivity index (χ1n) is 8.71. The molecule has 28 heavy (non-hydrogen) atoms. The summed E-state index contributed by atoms with van der Waals surface area (Å²) in [5.74, 6) is 1.17. The van der Waals surface area contributed by atoms with Gasteiger partial charge >= 0.3 is 0 Å². The zero-order valence-corrected chi connectivity index (χ0v) is 16.8. The Bertz CT molecular complexity index is 958. The van der Waals surface area contributed by atoms with Crippen LogP contribution >= 0.6 is 11.3 Å². The van der Waals surface area contributed by atoms with Crippen molar-refractivity contribution in [2.24, 2.45) is 0 Å². The zero-order chi connectivity index (χ0) is 19.9. The number of methoxy groups -OCH3 is 2. The van der Waals surface area contributed by atoms with E-state index >= 15 is 0 Å². The number of aromatic nitrogens is 2. The van der Waals surface area contributed by atoms with Crippen LogP contribution in [0, 0.1) is 6.92 Å². The number of rotatable bonds is 8. The van der Waals surface area contributed by atoms with Gasteiger partial charge in [0.2, 0.25) is 11.0 Å². The maximum absolute atomic E-state index is 12.2. The van der Waals surface area contributed by atoms with Crippen LogP contribution in [0.4, 0.5) is 10.8 Å². The van der Waals surface area contributed by atoms with Crippen molar-refractivity contribution in [2.45, 2.75) is 19.9 Å². The molecule has 0 unspecified atom stereocenters. The first kappa shape index (κ1) is 19.6. The van der Waals surface area contributed by atoms with Gasteiger partial charge in [-0.15, -0.1) is 10.2 Å². The van der Waals surface area contributed by atoms with E-state index in [9.17, 15) is 4.79 Å². The van der Waals surface area contributed by atoms with Gasteiger partial charge in [0.05, 0.1) is 20.6 Å². The number of nitrogens with one attached hydrogen (secondary N) is 2. The number of aryl methyl sites for hydroxylation is 1. The van der Waals surface area contributed by atoms with Crippen LogP contribution in [0.15, 0.2) is 42.5 Å². The van der Waals surface area contributed by atoms with E-state index in [1.165, 1.54) is 11.3 Å². The van der Waals surface area contributed by atoms with E-state index in [4.69, 9.17) is 9.47 Å². The number of carbonyl (C=O) groups is 1. The topological polar surface area (TPSA) is 85.4 Å². The highest BCUT2D eigenvalue weighted by Crippen LogP contribution is 2.27. The van der Waals surface area contributed by atoms with Crippen molar-refractivity contribution in [3.8, 4) is 11.5 Å². The van der Waals surface area contributed by atoms with Crippen molar-refractivity contribution in [1.82, 2.24) is 15.5 Å². The second-order valence-corrected chi connectivity index (χ2v) is 7.20. The summed E-state index contributed by atoms with van der Waals surface area (Å²) >= 11 is 1.36. The average Bonchev–Trinajstić information content (AvgIpc) is 3.12. The Hall–Kier alpha value is -3.13. The summed E-state index contributed by atoms with van der Waals surface area (Å²) in [6.07, 6.45) is 0.181. The summed E-state index contributed by atoms with van der Waals surface area (Å²) in [4.78, 5) is 12.2. The summed E-state index contributed by atoms with van der Waals surface area (Å²) in [5.41, 5.74) is 3.02. The molecule has 7 nitrogen and oxygen atoms in total. The largest absolute Gasteiger partial charge is 0.493 e. The lowest BCUT2D eigenvalue weighted by molar-refractivity contribution is -0.120. The fraction of sp³-hybridized carbons (Fsp3) is 0.250. The molecule has 2 N–H and O–H groups in total. The Morgan fingerprint density at radius 3 is 2.64 bits per heavy atom. The molecule has 0 saturated heterocycles. The molecule has 1 heterocycles. The fourth-order valence-corrected chi connectivity index (χ4v) is 3.37. The van der Waals surface area contributed by atoms with E-state index in [2.05, 4.69) is 20.8 Å². The van der Waals surface area contributed by atoms with Crippen LogP contribution in [0.5, 0.6) is 11.5 Å². The van der Waals surface area contributed by atoms with Crippen LogP contribution < -0.4 is 20.1 Å². The highest BCUT2D eigenvalue weighted by molar-refractivity contribution is 7.15. The second kappa shape index (κ2) is 9.18. The number of hydrogen-bond donors (Lipinski definition) is 2. The number of anilines is 2. The number of hydrogen-bond acceptors (Lipinski definition) is 7. The third-order valence-corrected chi connectivity index (χ3v) is 4.82. The number of ether oxygens (including phenoxy) is 2. The standard InChI is InChI=1S/C20H22N4O3S/c1-13-5-4-6-15(9-13)22-20-24-23-19(28-20)11-18(25)21-12-14-7-8-16(26-2)17(10-14)27-3/h4-10H,11-12H2,1-3H3,(H,21,25)(H,22,24). The minimum atomic E-state index is -0.118. The first-order chi connectivity index (χ1) is 13.6. The maximum atomic E-state index is 12.2. The Balaban J connectivity index is 1.53. The molecular formula is C20H22N4O3S. The van der Waals surface area contributed by atoms with Gasteiger partial charge in [-0.1, -0.05) is 29.5 Å². The smallest absolute Gasteiger partial charge is 0.227 e. The molecular weight excluding hydrogens is 376 g/mol. The van der Waals surface area contributed by atoms with Gasteiger partial charge in [-0.05, 0) is 42.3 Å². The van der Waals surface area contributed by atoms with Crippen molar-refractivity contribution >= 4 is 28.1 Å². The minimum Gasteiger partial charge on any atom is -0.493 e. The van der Waals surface area contributed by atoms with E-state index in [0.29, 0.717) is 28.2 Å². The number of amides is 1. The third kappa shape index (κ3) is 5.20. The molecule has 8 heteroatoms. The highest BCUT2D eigenvalue weighted by atomic mass is 32.1. The molecule has 146 valence electrons. The van der Waals surface area contributed by atoms with E-state index in [0.717, 1.165) is 16.8 Å². The Kier molecular flexibility index (Phi) is 6.44. The summed E-state index contributed by atoms with van der Waals surface area (Å²) in [5, 5.41) is 15.6. The zero-order valence-electron chi connectivity index (χ0n) is 16.0. The number of benzene rings is 2. The fourth-order valence-electron chi connectivity index (χ4n) is 2.61. The normalized spacial score (nSPS) is 10.4. The molecule has 3 rings (SSSR count). The van der Waals surface area contributed by atoms with Crippen LogP contribution in [-0.2, 0) is 17.8 Å². The molecule has 3 aromatic rings. The molecule has 2 aromatic carbocycles. The van der Waals surface area contributed by atoms with Crippen LogP contribution in [0.25, 0.3) is 0 Å². The van der Waals surface area contributed by atoms with Gasteiger partial charge in [-0.25, -0.2) is 0 Å². The summed E-state index contributed by atoms with van der Waals surface area (Å²) in [6, 6.07) is 13.5. The lowest BCUT2D eigenvalue weighted by atomic mass is 10.2. The van der Waals surface area contributed by atoms with Crippen molar-refractivity contribution in [3.05, 3.63) is 58.6 Å². The van der Waals surface area contributed by atoms with Crippen molar-refractivity contribution in [1.29, 1.82) is 0 Å². The van der Waals surface area contributed by atoms with Gasteiger partial charge in [-0.2, -0.15) is 0 Å². The van der Waals surface area contributed by atoms with Crippen LogP contribution in [0.3, 0.4) is 0 Å². The van der Waals surface area contributed by atoms with Gasteiger partial charge in [-0.3, -0.25) is 4.79 Å². The Labute approximate surface area is 167 Å². The summed E-state index contributed by atoms with van der Waals surface area (Å²) in [6.45, 7) is 2.42. The SMILES string of the molecule is COc1ccc(CNC(=O)Cc2nnc(Nc3cccc(C)c3)s2)cc1OC. The van der Waals surface area contributed by atoms with E-state index in [-0.39, 0.29) is 12.3 Å².